The van der Waals surface area contributed by atoms with Gasteiger partial charge in [-0.05, 0) is 19.8 Å². The second kappa shape index (κ2) is 7.17. The number of hydrogen-bond acceptors (Lipinski definition) is 3. The van der Waals surface area contributed by atoms with Crippen LogP contribution >= 0.6 is 0 Å². The van der Waals surface area contributed by atoms with Crippen molar-refractivity contribution in [2.45, 2.75) is 44.9 Å². The first kappa shape index (κ1) is 17.5. The van der Waals surface area contributed by atoms with Gasteiger partial charge in [0.1, 0.15) is 0 Å². The van der Waals surface area contributed by atoms with Gasteiger partial charge in [0.15, 0.2) is 0 Å². The Morgan fingerprint density at radius 1 is 1.18 bits per heavy atom. The maximum atomic E-state index is 13.1. The number of carbonyl (C=O) groups is 1. The van der Waals surface area contributed by atoms with Crippen molar-refractivity contribution in [2.24, 2.45) is 11.8 Å². The minimum absolute atomic E-state index is 0.0713. The number of piperazine rings is 1. The molecule has 0 bridgehead atoms. The Balaban J connectivity index is 1.93. The van der Waals surface area contributed by atoms with Crippen molar-refractivity contribution in [1.29, 1.82) is 0 Å². The fraction of sp³-hybridized carbons (Fsp3) is 0.933. The molecular weight excluding hydrogens is 297 g/mol. The average Bonchev–Trinajstić information content (AvgIpc) is 2.46. The molecule has 2 rings (SSSR count). The molecule has 0 aromatic carbocycles. The Hall–Kier alpha value is -0.820. The summed E-state index contributed by atoms with van der Waals surface area (Å²) < 4.78 is 39.4. The molecular formula is C15H25F3N2O2. The minimum atomic E-state index is -4.28. The lowest BCUT2D eigenvalue weighted by Gasteiger charge is -2.39. The van der Waals surface area contributed by atoms with Crippen molar-refractivity contribution in [1.82, 2.24) is 9.80 Å². The van der Waals surface area contributed by atoms with Crippen molar-refractivity contribution >= 4 is 5.91 Å². The molecule has 4 nitrogen and oxygen atoms in total. The third kappa shape index (κ3) is 4.35. The summed E-state index contributed by atoms with van der Waals surface area (Å²) in [4.78, 5) is 16.1. The standard InChI is InChI=1S/C15H25F3N2O2/c1-11(21)10-19-6-8-20(9-7-19)14(22)12-4-2-3-5-13(12)15(16,17)18/h11-13,21H,2-10H2,1H3. The van der Waals surface area contributed by atoms with Gasteiger partial charge in [0.25, 0.3) is 0 Å². The van der Waals surface area contributed by atoms with Crippen molar-refractivity contribution < 1.29 is 23.1 Å². The zero-order valence-corrected chi connectivity index (χ0v) is 13.0. The van der Waals surface area contributed by atoms with Crippen molar-refractivity contribution in [2.75, 3.05) is 32.7 Å². The maximum Gasteiger partial charge on any atom is 0.392 e. The van der Waals surface area contributed by atoms with Crippen molar-refractivity contribution in [3.63, 3.8) is 0 Å². The van der Waals surface area contributed by atoms with Gasteiger partial charge in [0.05, 0.1) is 12.0 Å². The summed E-state index contributed by atoms with van der Waals surface area (Å²) in [5, 5.41) is 9.36. The molecule has 1 heterocycles. The van der Waals surface area contributed by atoms with E-state index in [-0.39, 0.29) is 12.3 Å². The molecule has 3 unspecified atom stereocenters. The molecule has 0 radical (unpaired) electrons. The third-order valence-electron chi connectivity index (χ3n) is 4.71. The first-order valence-electron chi connectivity index (χ1n) is 8.05. The number of alkyl halides is 3. The van der Waals surface area contributed by atoms with Crippen LogP contribution < -0.4 is 0 Å². The van der Waals surface area contributed by atoms with Crippen molar-refractivity contribution in [3.8, 4) is 0 Å². The lowest BCUT2D eigenvalue weighted by atomic mass is 9.78. The van der Waals surface area contributed by atoms with E-state index in [4.69, 9.17) is 0 Å². The Labute approximate surface area is 129 Å². The number of hydrogen-bond donors (Lipinski definition) is 1. The van der Waals surface area contributed by atoms with Crippen LogP contribution in [0.15, 0.2) is 0 Å². The highest BCUT2D eigenvalue weighted by Gasteiger charge is 2.49. The van der Waals surface area contributed by atoms with Gasteiger partial charge < -0.3 is 10.0 Å². The van der Waals surface area contributed by atoms with Crippen LogP contribution in [0, 0.1) is 11.8 Å². The molecule has 1 N–H and O–H groups in total. The summed E-state index contributed by atoms with van der Waals surface area (Å²) in [5.74, 6) is -2.72. The molecule has 0 aromatic heterocycles. The number of β-amino-alcohol motifs (C(OH)–C–C–N with tert-alkyl or cyclic N) is 1. The van der Waals surface area contributed by atoms with E-state index >= 15 is 0 Å². The molecule has 1 amide bonds. The molecule has 1 saturated carbocycles. The maximum absolute atomic E-state index is 13.1. The number of aliphatic hydroxyl groups excluding tert-OH is 1. The Bertz CT molecular complexity index is 379. The summed E-state index contributed by atoms with van der Waals surface area (Å²) in [5.41, 5.74) is 0. The summed E-state index contributed by atoms with van der Waals surface area (Å²) in [6.07, 6.45) is -3.05. The van der Waals surface area contributed by atoms with E-state index in [1.165, 1.54) is 0 Å². The second-order valence-corrected chi connectivity index (χ2v) is 6.51. The summed E-state index contributed by atoms with van der Waals surface area (Å²) in [6.45, 7) is 4.36. The number of halogens is 3. The molecule has 1 aliphatic heterocycles. The number of amides is 1. The number of carbonyl (C=O) groups excluding carboxylic acids is 1. The van der Waals surface area contributed by atoms with Crippen LogP contribution in [0.1, 0.15) is 32.6 Å². The molecule has 2 aliphatic rings. The van der Waals surface area contributed by atoms with E-state index in [0.717, 1.165) is 0 Å². The fourth-order valence-corrected chi connectivity index (χ4v) is 3.58. The first-order valence-corrected chi connectivity index (χ1v) is 8.05. The lowest BCUT2D eigenvalue weighted by molar-refractivity contribution is -0.201. The number of aliphatic hydroxyl groups is 1. The lowest BCUT2D eigenvalue weighted by Crippen LogP contribution is -2.53. The van der Waals surface area contributed by atoms with Crippen LogP contribution in [0.4, 0.5) is 13.2 Å². The highest BCUT2D eigenvalue weighted by molar-refractivity contribution is 5.79. The third-order valence-corrected chi connectivity index (χ3v) is 4.71. The topological polar surface area (TPSA) is 43.8 Å². The normalized spacial score (nSPS) is 29.4. The molecule has 0 aromatic rings. The Morgan fingerprint density at radius 2 is 1.77 bits per heavy atom. The Kier molecular flexibility index (Phi) is 5.71. The van der Waals surface area contributed by atoms with Gasteiger partial charge in [0, 0.05) is 38.6 Å². The van der Waals surface area contributed by atoms with Gasteiger partial charge in [-0.15, -0.1) is 0 Å². The summed E-state index contributed by atoms with van der Waals surface area (Å²) in [7, 11) is 0. The van der Waals surface area contributed by atoms with E-state index in [1.54, 1.807) is 11.8 Å². The molecule has 2 fully saturated rings. The van der Waals surface area contributed by atoms with Gasteiger partial charge in [-0.25, -0.2) is 0 Å². The number of rotatable bonds is 3. The van der Waals surface area contributed by atoms with Gasteiger partial charge in [0.2, 0.25) is 5.91 Å². The van der Waals surface area contributed by atoms with E-state index < -0.39 is 24.1 Å². The van der Waals surface area contributed by atoms with Gasteiger partial charge in [-0.2, -0.15) is 13.2 Å². The molecule has 7 heteroatoms. The molecule has 1 aliphatic carbocycles. The van der Waals surface area contributed by atoms with Crippen LogP contribution in [0.3, 0.4) is 0 Å². The van der Waals surface area contributed by atoms with Gasteiger partial charge in [-0.3, -0.25) is 9.69 Å². The predicted octanol–water partition coefficient (Wildman–Crippen LogP) is 1.88. The molecule has 3 atom stereocenters. The largest absolute Gasteiger partial charge is 0.392 e. The van der Waals surface area contributed by atoms with Crippen LogP contribution in [0.25, 0.3) is 0 Å². The second-order valence-electron chi connectivity index (χ2n) is 6.51. The average molecular weight is 322 g/mol. The highest BCUT2D eigenvalue weighted by atomic mass is 19.4. The van der Waals surface area contributed by atoms with Crippen LogP contribution in [0.5, 0.6) is 0 Å². The van der Waals surface area contributed by atoms with Crippen LogP contribution in [-0.2, 0) is 4.79 Å². The fourth-order valence-electron chi connectivity index (χ4n) is 3.58. The van der Waals surface area contributed by atoms with Crippen LogP contribution in [-0.4, -0.2) is 65.8 Å². The first-order chi connectivity index (χ1) is 10.3. The zero-order chi connectivity index (χ0) is 16.3. The summed E-state index contributed by atoms with van der Waals surface area (Å²) in [6, 6.07) is 0. The van der Waals surface area contributed by atoms with E-state index in [9.17, 15) is 23.1 Å². The zero-order valence-electron chi connectivity index (χ0n) is 13.0. The summed E-state index contributed by atoms with van der Waals surface area (Å²) >= 11 is 0. The van der Waals surface area contributed by atoms with E-state index in [1.807, 2.05) is 4.90 Å². The molecule has 22 heavy (non-hydrogen) atoms. The molecule has 1 saturated heterocycles. The van der Waals surface area contributed by atoms with Gasteiger partial charge >= 0.3 is 6.18 Å². The highest BCUT2D eigenvalue weighted by Crippen LogP contribution is 2.42. The van der Waals surface area contributed by atoms with Crippen molar-refractivity contribution in [3.05, 3.63) is 0 Å². The minimum Gasteiger partial charge on any atom is -0.392 e. The number of nitrogens with zero attached hydrogens (tertiary/aromatic N) is 2. The van der Waals surface area contributed by atoms with Crippen LogP contribution in [0.2, 0.25) is 0 Å². The van der Waals surface area contributed by atoms with Gasteiger partial charge in [-0.1, -0.05) is 12.8 Å². The smallest absolute Gasteiger partial charge is 0.392 e. The quantitative estimate of drug-likeness (QED) is 0.863. The SMILES string of the molecule is CC(O)CN1CCN(C(=O)C2CCCCC2C(F)(F)F)CC1. The molecule has 0 spiro atoms. The predicted molar refractivity (Wildman–Crippen MR) is 76.2 cm³/mol. The Morgan fingerprint density at radius 3 is 2.32 bits per heavy atom. The van der Waals surface area contributed by atoms with E-state index in [0.29, 0.717) is 52.0 Å². The van der Waals surface area contributed by atoms with E-state index in [2.05, 4.69) is 0 Å². The monoisotopic (exact) mass is 322 g/mol. The molecule has 128 valence electrons.